The zero-order valence-electron chi connectivity index (χ0n) is 28.3. The number of aliphatic hydroxyl groups is 5. The van der Waals surface area contributed by atoms with Crippen molar-refractivity contribution in [3.63, 3.8) is 0 Å². The van der Waals surface area contributed by atoms with Gasteiger partial charge in [0.15, 0.2) is 12.4 Å². The van der Waals surface area contributed by atoms with E-state index in [9.17, 15) is 35.4 Å². The maximum absolute atomic E-state index is 11.9. The van der Waals surface area contributed by atoms with Crippen molar-refractivity contribution in [2.24, 2.45) is 50.2 Å². The second-order valence-electron chi connectivity index (χ2n) is 18.0. The number of aliphatic hydroxyl groups excluding tert-OH is 5. The van der Waals surface area contributed by atoms with Gasteiger partial charge in [-0.25, -0.2) is 4.79 Å². The maximum Gasteiger partial charge on any atom is 0.335 e. The molecule has 6 rings (SSSR count). The maximum atomic E-state index is 11.9. The summed E-state index contributed by atoms with van der Waals surface area (Å²) >= 11 is 0. The third-order valence-corrected chi connectivity index (χ3v) is 15.2. The molecule has 0 unspecified atom stereocenters. The number of aliphatic carboxylic acids is 1. The van der Waals surface area contributed by atoms with Gasteiger partial charge in [-0.2, -0.15) is 0 Å². The van der Waals surface area contributed by atoms with Crippen LogP contribution in [0.5, 0.6) is 0 Å². The fourth-order valence-electron chi connectivity index (χ4n) is 12.3. The summed E-state index contributed by atoms with van der Waals surface area (Å²) in [4.78, 5) is 11.7. The summed E-state index contributed by atoms with van der Waals surface area (Å²) < 4.78 is 11.9. The summed E-state index contributed by atoms with van der Waals surface area (Å²) in [5.74, 6) is -0.573. The summed E-state index contributed by atoms with van der Waals surface area (Å²) in [7, 11) is 0. The molecule has 1 heterocycles. The van der Waals surface area contributed by atoms with E-state index in [0.717, 1.165) is 44.9 Å². The van der Waals surface area contributed by atoms with E-state index in [2.05, 4.69) is 54.5 Å². The van der Waals surface area contributed by atoms with Crippen LogP contribution in [0.25, 0.3) is 0 Å². The molecule has 6 aliphatic rings. The largest absolute Gasteiger partial charge is 0.479 e. The Hall–Kier alpha value is -1.07. The van der Waals surface area contributed by atoms with Crippen LogP contribution in [0.2, 0.25) is 0 Å². The van der Waals surface area contributed by atoms with Gasteiger partial charge in [-0.3, -0.25) is 0 Å². The predicted octanol–water partition coefficient (Wildman–Crippen LogP) is 4.03. The van der Waals surface area contributed by atoms with Crippen molar-refractivity contribution in [1.29, 1.82) is 0 Å². The molecule has 4 saturated carbocycles. The van der Waals surface area contributed by atoms with E-state index in [1.54, 1.807) is 0 Å². The number of carboxylic acid groups (broad SMARTS) is 1. The first kappa shape index (κ1) is 33.8. The summed E-state index contributed by atoms with van der Waals surface area (Å²) in [6.45, 7) is 16.4. The van der Waals surface area contributed by atoms with Crippen molar-refractivity contribution in [1.82, 2.24) is 0 Å². The molecule has 5 fully saturated rings. The smallest absolute Gasteiger partial charge is 0.335 e. The lowest BCUT2D eigenvalue weighted by atomic mass is 9.33. The average Bonchev–Trinajstić information content (AvgIpc) is 2.94. The Kier molecular flexibility index (Phi) is 8.05. The van der Waals surface area contributed by atoms with E-state index < -0.39 is 48.2 Å². The Balaban J connectivity index is 1.30. The highest BCUT2D eigenvalue weighted by molar-refractivity contribution is 5.73. The molecule has 14 atom stereocenters. The van der Waals surface area contributed by atoms with Crippen LogP contribution < -0.4 is 0 Å². The van der Waals surface area contributed by atoms with Crippen LogP contribution in [0.15, 0.2) is 11.6 Å². The van der Waals surface area contributed by atoms with Gasteiger partial charge in [0.2, 0.25) is 0 Å². The molecule has 0 bridgehead atoms. The van der Waals surface area contributed by atoms with Gasteiger partial charge < -0.3 is 40.1 Å². The normalized spacial score (nSPS) is 53.6. The lowest BCUT2D eigenvalue weighted by molar-refractivity contribution is -0.324. The number of carbonyl (C=O) groups is 1. The summed E-state index contributed by atoms with van der Waals surface area (Å²) in [6, 6.07) is 0. The van der Waals surface area contributed by atoms with Crippen LogP contribution in [0, 0.1) is 50.2 Å². The first-order chi connectivity index (χ1) is 20.8. The summed E-state index contributed by atoms with van der Waals surface area (Å²) in [5.41, 5.74) is 0.609. The van der Waals surface area contributed by atoms with Gasteiger partial charge in [0.1, 0.15) is 18.3 Å². The molecular formula is C36H58O9. The lowest BCUT2D eigenvalue weighted by Crippen LogP contribution is -2.67. The molecule has 45 heavy (non-hydrogen) atoms. The molecule has 0 aromatic heterocycles. The highest BCUT2D eigenvalue weighted by atomic mass is 16.7. The van der Waals surface area contributed by atoms with Gasteiger partial charge in [-0.15, -0.1) is 0 Å². The van der Waals surface area contributed by atoms with Crippen molar-refractivity contribution in [3.8, 4) is 0 Å². The Morgan fingerprint density at radius 2 is 1.58 bits per heavy atom. The van der Waals surface area contributed by atoms with Crippen LogP contribution in [-0.4, -0.2) is 86.1 Å². The summed E-state index contributed by atoms with van der Waals surface area (Å²) in [6.07, 6.45) is 1.66. The Morgan fingerprint density at radius 1 is 0.889 bits per heavy atom. The summed E-state index contributed by atoms with van der Waals surface area (Å²) in [5, 5.41) is 63.5. The van der Waals surface area contributed by atoms with E-state index >= 15 is 0 Å². The molecule has 6 N–H and O–H groups in total. The number of carboxylic acids is 1. The van der Waals surface area contributed by atoms with Crippen LogP contribution in [0.1, 0.15) is 106 Å². The van der Waals surface area contributed by atoms with Gasteiger partial charge >= 0.3 is 5.97 Å². The molecule has 0 spiro atoms. The van der Waals surface area contributed by atoms with Crippen molar-refractivity contribution in [2.75, 3.05) is 6.61 Å². The molecule has 0 radical (unpaired) electrons. The predicted molar refractivity (Wildman–Crippen MR) is 167 cm³/mol. The monoisotopic (exact) mass is 634 g/mol. The third kappa shape index (κ3) is 4.61. The van der Waals surface area contributed by atoms with Gasteiger partial charge in [-0.05, 0) is 103 Å². The number of fused-ring (bicyclic) bond motifs is 7. The highest BCUT2D eigenvalue weighted by Gasteiger charge is 2.70. The molecule has 9 nitrogen and oxygen atoms in total. The molecule has 9 heteroatoms. The van der Waals surface area contributed by atoms with Crippen molar-refractivity contribution < 1.29 is 44.9 Å². The Bertz CT molecular complexity index is 1210. The first-order valence-corrected chi connectivity index (χ1v) is 17.4. The fourth-order valence-corrected chi connectivity index (χ4v) is 12.3. The van der Waals surface area contributed by atoms with E-state index in [1.807, 2.05) is 0 Å². The molecule has 1 saturated heterocycles. The van der Waals surface area contributed by atoms with Gasteiger partial charge in [0.05, 0.1) is 18.8 Å². The zero-order valence-corrected chi connectivity index (χ0v) is 28.3. The Morgan fingerprint density at radius 3 is 2.22 bits per heavy atom. The van der Waals surface area contributed by atoms with E-state index in [0.29, 0.717) is 18.8 Å². The van der Waals surface area contributed by atoms with Crippen molar-refractivity contribution in [2.45, 2.75) is 149 Å². The van der Waals surface area contributed by atoms with Crippen LogP contribution in [0.3, 0.4) is 0 Å². The number of allylic oxidation sites excluding steroid dienone is 2. The quantitative estimate of drug-likeness (QED) is 0.199. The first-order valence-electron chi connectivity index (χ1n) is 17.4. The minimum Gasteiger partial charge on any atom is -0.479 e. The number of ether oxygens (including phenoxy) is 2. The number of rotatable bonds is 4. The zero-order chi connectivity index (χ0) is 33.1. The Labute approximate surface area is 268 Å². The molecule has 0 aromatic carbocycles. The van der Waals surface area contributed by atoms with Crippen LogP contribution in [0.4, 0.5) is 0 Å². The fraction of sp³-hybridized carbons (Fsp3) is 0.917. The molecule has 0 aromatic rings. The van der Waals surface area contributed by atoms with Gasteiger partial charge in [-0.1, -0.05) is 60.1 Å². The molecular weight excluding hydrogens is 576 g/mol. The minimum atomic E-state index is -1.75. The third-order valence-electron chi connectivity index (χ3n) is 15.2. The van der Waals surface area contributed by atoms with Gasteiger partial charge in [0, 0.05) is 5.41 Å². The standard InChI is InChI=1S/C36H58O9/c1-31(2)14-15-36(18-37)20(16-31)19-8-9-22-33(5)12-11-24(44-30-27(41)25(39)26(40)28(45-30)29(42)43)32(3,4)21(33)10-13-34(22,6)35(19,7)17-23(36)38/h8,20-28,30,37-41H,9-18H2,1-7H3,(H,42,43)/t20-,21-,22-,23+,24+,25+,26+,27-,28+,30-,33+,34-,35-,36-/m1/s1. The lowest BCUT2D eigenvalue weighted by Gasteiger charge is -2.72. The average molecular weight is 635 g/mol. The molecule has 0 amide bonds. The highest BCUT2D eigenvalue weighted by Crippen LogP contribution is 2.75. The number of hydrogen-bond donors (Lipinski definition) is 6. The van der Waals surface area contributed by atoms with E-state index in [1.165, 1.54) is 5.57 Å². The second-order valence-corrected chi connectivity index (χ2v) is 18.0. The van der Waals surface area contributed by atoms with Crippen molar-refractivity contribution in [3.05, 3.63) is 11.6 Å². The van der Waals surface area contributed by atoms with Crippen molar-refractivity contribution >= 4 is 5.97 Å². The molecule has 1 aliphatic heterocycles. The topological polar surface area (TPSA) is 157 Å². The number of hydrogen-bond acceptors (Lipinski definition) is 8. The van der Waals surface area contributed by atoms with E-state index in [-0.39, 0.29) is 51.6 Å². The second kappa shape index (κ2) is 10.7. The SMILES string of the molecule is CC1(C)CC[C@@]2(CO)[C@H](C1)C1=CC[C@@H]3[C@@]4(C)CC[C@H](O[C@@H]5O[C@H](C(=O)O)[C@@H](O)[C@H](O)[C@H]5O)C(C)(C)[C@H]4CC[C@@]3(C)[C@]1(C)C[C@@H]2O. The van der Waals surface area contributed by atoms with Crippen LogP contribution >= 0.6 is 0 Å². The van der Waals surface area contributed by atoms with Gasteiger partial charge in [0.25, 0.3) is 0 Å². The minimum absolute atomic E-state index is 0.0188. The molecule has 5 aliphatic carbocycles. The molecule has 256 valence electrons. The van der Waals surface area contributed by atoms with Crippen LogP contribution in [-0.2, 0) is 14.3 Å². The van der Waals surface area contributed by atoms with E-state index in [4.69, 9.17) is 9.47 Å².